The molecule has 2 amide bonds. The van der Waals surface area contributed by atoms with Gasteiger partial charge in [0.2, 0.25) is 0 Å². The molecule has 178 valence electrons. The SMILES string of the molecule is Cc1ccc(C(=O)Nc2ccc3c(c2)cc(C(=O)Nc2ccccc2)n3Cc2cccc(F)c2)cc1. The van der Waals surface area contributed by atoms with Crippen molar-refractivity contribution in [1.29, 1.82) is 0 Å². The largest absolute Gasteiger partial charge is 0.332 e. The lowest BCUT2D eigenvalue weighted by atomic mass is 10.1. The Bertz CT molecular complexity index is 1560. The Labute approximate surface area is 208 Å². The second-order valence-electron chi connectivity index (χ2n) is 8.66. The van der Waals surface area contributed by atoms with E-state index in [9.17, 15) is 14.0 Å². The smallest absolute Gasteiger partial charge is 0.272 e. The van der Waals surface area contributed by atoms with Crippen LogP contribution < -0.4 is 10.6 Å². The van der Waals surface area contributed by atoms with E-state index in [1.165, 1.54) is 12.1 Å². The van der Waals surface area contributed by atoms with Gasteiger partial charge in [-0.3, -0.25) is 9.59 Å². The van der Waals surface area contributed by atoms with Crippen LogP contribution >= 0.6 is 0 Å². The number of hydrogen-bond acceptors (Lipinski definition) is 2. The fourth-order valence-electron chi connectivity index (χ4n) is 4.15. The van der Waals surface area contributed by atoms with E-state index in [1.54, 1.807) is 30.3 Å². The molecule has 4 aromatic carbocycles. The van der Waals surface area contributed by atoms with Crippen molar-refractivity contribution in [1.82, 2.24) is 4.57 Å². The van der Waals surface area contributed by atoms with Crippen molar-refractivity contribution in [3.05, 3.63) is 131 Å². The molecule has 0 saturated carbocycles. The number of hydrogen-bond donors (Lipinski definition) is 2. The molecule has 2 N–H and O–H groups in total. The Hall–Kier alpha value is -4.71. The number of fused-ring (bicyclic) bond motifs is 1. The number of rotatable bonds is 6. The quantitative estimate of drug-likeness (QED) is 0.288. The summed E-state index contributed by atoms with van der Waals surface area (Å²) in [6, 6.07) is 30.2. The van der Waals surface area contributed by atoms with Gasteiger partial charge in [-0.2, -0.15) is 0 Å². The summed E-state index contributed by atoms with van der Waals surface area (Å²) in [5.74, 6) is -0.824. The highest BCUT2D eigenvalue weighted by Gasteiger charge is 2.17. The van der Waals surface area contributed by atoms with Crippen molar-refractivity contribution in [2.45, 2.75) is 13.5 Å². The molecule has 5 rings (SSSR count). The van der Waals surface area contributed by atoms with E-state index in [0.29, 0.717) is 29.2 Å². The number of carbonyl (C=O) groups is 2. The molecule has 0 aliphatic rings. The van der Waals surface area contributed by atoms with Gasteiger partial charge in [-0.05, 0) is 73.2 Å². The average molecular weight is 478 g/mol. The van der Waals surface area contributed by atoms with Gasteiger partial charge in [0.25, 0.3) is 11.8 Å². The van der Waals surface area contributed by atoms with Crippen molar-refractivity contribution in [3.8, 4) is 0 Å². The summed E-state index contributed by atoms with van der Waals surface area (Å²) in [6.07, 6.45) is 0. The van der Waals surface area contributed by atoms with Crippen LogP contribution in [0.25, 0.3) is 10.9 Å². The Morgan fingerprint density at radius 1 is 0.750 bits per heavy atom. The Morgan fingerprint density at radius 2 is 1.50 bits per heavy atom. The van der Waals surface area contributed by atoms with E-state index in [4.69, 9.17) is 0 Å². The third kappa shape index (κ3) is 5.03. The third-order valence-corrected chi connectivity index (χ3v) is 5.97. The first-order valence-electron chi connectivity index (χ1n) is 11.6. The van der Waals surface area contributed by atoms with Crippen molar-refractivity contribution in [2.24, 2.45) is 0 Å². The van der Waals surface area contributed by atoms with Crippen molar-refractivity contribution < 1.29 is 14.0 Å². The molecule has 0 radical (unpaired) electrons. The van der Waals surface area contributed by atoms with Crippen LogP contribution in [0.3, 0.4) is 0 Å². The molecular formula is C30H24FN3O2. The number of benzene rings is 4. The van der Waals surface area contributed by atoms with E-state index in [-0.39, 0.29) is 17.6 Å². The molecule has 0 spiro atoms. The first-order chi connectivity index (χ1) is 17.5. The number of para-hydroxylation sites is 1. The van der Waals surface area contributed by atoms with E-state index in [1.807, 2.05) is 72.2 Å². The molecule has 6 heteroatoms. The lowest BCUT2D eigenvalue weighted by Crippen LogP contribution is -2.17. The summed E-state index contributed by atoms with van der Waals surface area (Å²) in [7, 11) is 0. The first kappa shape index (κ1) is 23.1. The minimum atomic E-state index is -0.333. The topological polar surface area (TPSA) is 63.1 Å². The number of amides is 2. The zero-order chi connectivity index (χ0) is 25.1. The third-order valence-electron chi connectivity index (χ3n) is 5.97. The van der Waals surface area contributed by atoms with E-state index in [0.717, 1.165) is 22.0 Å². The molecule has 5 nitrogen and oxygen atoms in total. The first-order valence-corrected chi connectivity index (χ1v) is 11.6. The molecule has 0 bridgehead atoms. The van der Waals surface area contributed by atoms with Crippen LogP contribution in [0.2, 0.25) is 0 Å². The molecule has 0 saturated heterocycles. The van der Waals surface area contributed by atoms with Crippen molar-refractivity contribution >= 4 is 34.1 Å². The number of anilines is 2. The number of carbonyl (C=O) groups excluding carboxylic acids is 2. The maximum absolute atomic E-state index is 13.9. The summed E-state index contributed by atoms with van der Waals surface area (Å²) in [5, 5.41) is 6.64. The van der Waals surface area contributed by atoms with Gasteiger partial charge in [-0.1, -0.05) is 48.0 Å². The molecular weight excluding hydrogens is 453 g/mol. The molecule has 0 fully saturated rings. The standard InChI is InChI=1S/C30H24FN3O2/c1-20-10-12-22(13-11-20)29(35)33-26-14-15-27-23(17-26)18-28(30(36)32-25-8-3-2-4-9-25)34(27)19-21-6-5-7-24(31)16-21/h2-18H,19H2,1H3,(H,32,36)(H,33,35). The van der Waals surface area contributed by atoms with E-state index >= 15 is 0 Å². The number of aromatic nitrogens is 1. The van der Waals surface area contributed by atoms with Crippen LogP contribution in [0, 0.1) is 12.7 Å². The van der Waals surface area contributed by atoms with Crippen LogP contribution in [0.4, 0.5) is 15.8 Å². The summed E-state index contributed by atoms with van der Waals surface area (Å²) >= 11 is 0. The minimum absolute atomic E-state index is 0.212. The maximum atomic E-state index is 13.9. The van der Waals surface area contributed by atoms with Crippen LogP contribution in [-0.4, -0.2) is 16.4 Å². The molecule has 1 heterocycles. The number of nitrogens with zero attached hydrogens (tertiary/aromatic N) is 1. The summed E-state index contributed by atoms with van der Waals surface area (Å²) in [6.45, 7) is 2.28. The van der Waals surface area contributed by atoms with E-state index < -0.39 is 0 Å². The van der Waals surface area contributed by atoms with E-state index in [2.05, 4.69) is 10.6 Å². The van der Waals surface area contributed by atoms with Gasteiger partial charge in [0.1, 0.15) is 11.5 Å². The van der Waals surface area contributed by atoms with Gasteiger partial charge in [0.05, 0.1) is 0 Å². The summed E-state index contributed by atoms with van der Waals surface area (Å²) in [5.41, 5.74) is 4.90. The predicted octanol–water partition coefficient (Wildman–Crippen LogP) is 6.64. The maximum Gasteiger partial charge on any atom is 0.272 e. The number of nitrogens with one attached hydrogen (secondary N) is 2. The highest BCUT2D eigenvalue weighted by molar-refractivity contribution is 6.08. The number of halogens is 1. The molecule has 36 heavy (non-hydrogen) atoms. The summed E-state index contributed by atoms with van der Waals surface area (Å²) in [4.78, 5) is 26.0. The molecule has 0 aliphatic carbocycles. The van der Waals surface area contributed by atoms with Crippen LogP contribution in [0.5, 0.6) is 0 Å². The van der Waals surface area contributed by atoms with Crippen LogP contribution in [0.1, 0.15) is 32.0 Å². The molecule has 0 unspecified atom stereocenters. The van der Waals surface area contributed by atoms with Crippen LogP contribution in [0.15, 0.2) is 103 Å². The fraction of sp³-hybridized carbons (Fsp3) is 0.0667. The lowest BCUT2D eigenvalue weighted by molar-refractivity contribution is 0.101. The second-order valence-corrected chi connectivity index (χ2v) is 8.66. The van der Waals surface area contributed by atoms with Gasteiger partial charge in [-0.25, -0.2) is 4.39 Å². The molecule has 0 aliphatic heterocycles. The normalized spacial score (nSPS) is 10.8. The average Bonchev–Trinajstić information content (AvgIpc) is 3.22. The van der Waals surface area contributed by atoms with Gasteiger partial charge >= 0.3 is 0 Å². The monoisotopic (exact) mass is 477 g/mol. The minimum Gasteiger partial charge on any atom is -0.332 e. The van der Waals surface area contributed by atoms with Gasteiger partial charge in [0.15, 0.2) is 0 Å². The second kappa shape index (κ2) is 9.88. The lowest BCUT2D eigenvalue weighted by Gasteiger charge is -2.12. The molecule has 0 atom stereocenters. The number of aryl methyl sites for hydroxylation is 1. The molecule has 5 aromatic rings. The predicted molar refractivity (Wildman–Crippen MR) is 141 cm³/mol. The highest BCUT2D eigenvalue weighted by Crippen LogP contribution is 2.26. The van der Waals surface area contributed by atoms with Gasteiger partial charge in [0, 0.05) is 34.4 Å². The highest BCUT2D eigenvalue weighted by atomic mass is 19.1. The van der Waals surface area contributed by atoms with Crippen molar-refractivity contribution in [3.63, 3.8) is 0 Å². The zero-order valence-electron chi connectivity index (χ0n) is 19.7. The zero-order valence-corrected chi connectivity index (χ0v) is 19.7. The Morgan fingerprint density at radius 3 is 2.25 bits per heavy atom. The molecule has 1 aromatic heterocycles. The Balaban J connectivity index is 1.50. The Kier molecular flexibility index (Phi) is 6.33. The fourth-order valence-corrected chi connectivity index (χ4v) is 4.15. The van der Waals surface area contributed by atoms with Crippen molar-refractivity contribution in [2.75, 3.05) is 10.6 Å². The van der Waals surface area contributed by atoms with Gasteiger partial charge < -0.3 is 15.2 Å². The summed E-state index contributed by atoms with van der Waals surface area (Å²) < 4.78 is 15.7. The van der Waals surface area contributed by atoms with Gasteiger partial charge in [-0.15, -0.1) is 0 Å². The van der Waals surface area contributed by atoms with Crippen LogP contribution in [-0.2, 0) is 6.54 Å².